The summed E-state index contributed by atoms with van der Waals surface area (Å²) in [6.45, 7) is 1.51. The van der Waals surface area contributed by atoms with Gasteiger partial charge in [-0.2, -0.15) is 0 Å². The van der Waals surface area contributed by atoms with Gasteiger partial charge in [-0.3, -0.25) is 9.59 Å². The van der Waals surface area contributed by atoms with Gasteiger partial charge in [0.2, 0.25) is 11.8 Å². The first-order chi connectivity index (χ1) is 13.1. The van der Waals surface area contributed by atoms with Crippen LogP contribution in [0.5, 0.6) is 0 Å². The van der Waals surface area contributed by atoms with Gasteiger partial charge in [0, 0.05) is 24.4 Å². The van der Waals surface area contributed by atoms with E-state index in [2.05, 4.69) is 5.32 Å². The molecular formula is C21H23FN2O2S. The predicted octanol–water partition coefficient (Wildman–Crippen LogP) is 3.27. The number of carbonyl (C=O) groups excluding carboxylic acids is 2. The second kappa shape index (κ2) is 9.55. The molecule has 0 spiro atoms. The van der Waals surface area contributed by atoms with Gasteiger partial charge in [0.1, 0.15) is 11.9 Å². The molecule has 1 aliphatic rings. The van der Waals surface area contributed by atoms with Crippen LogP contribution in [0.1, 0.15) is 18.4 Å². The third-order valence-corrected chi connectivity index (χ3v) is 5.53. The van der Waals surface area contributed by atoms with Crippen LogP contribution in [0.2, 0.25) is 0 Å². The number of benzene rings is 2. The van der Waals surface area contributed by atoms with E-state index in [1.54, 1.807) is 12.1 Å². The van der Waals surface area contributed by atoms with Gasteiger partial charge >= 0.3 is 0 Å². The standard InChI is InChI=1S/C21H23FN2O2S/c22-17-8-10-18(11-9-17)27-15-20(25)23-19(14-16-6-2-1-3-7-16)21(26)24-12-4-5-13-24/h1-3,6-11,19H,4-5,12-15H2,(H,23,25). The molecule has 0 saturated carbocycles. The highest BCUT2D eigenvalue weighted by Crippen LogP contribution is 2.18. The summed E-state index contributed by atoms with van der Waals surface area (Å²) >= 11 is 1.33. The normalized spacial score (nSPS) is 14.8. The third kappa shape index (κ3) is 5.82. The van der Waals surface area contributed by atoms with E-state index < -0.39 is 6.04 Å². The zero-order valence-electron chi connectivity index (χ0n) is 15.1. The maximum absolute atomic E-state index is 13.0. The molecule has 2 aromatic rings. The Labute approximate surface area is 163 Å². The van der Waals surface area contributed by atoms with Crippen LogP contribution in [-0.2, 0) is 16.0 Å². The highest BCUT2D eigenvalue weighted by molar-refractivity contribution is 8.00. The average molecular weight is 386 g/mol. The lowest BCUT2D eigenvalue weighted by molar-refractivity contribution is -0.135. The fourth-order valence-corrected chi connectivity index (χ4v) is 3.83. The second-order valence-corrected chi connectivity index (χ2v) is 7.63. The highest BCUT2D eigenvalue weighted by Gasteiger charge is 2.27. The lowest BCUT2D eigenvalue weighted by Crippen LogP contribution is -2.49. The number of hydrogen-bond acceptors (Lipinski definition) is 3. The van der Waals surface area contributed by atoms with Crippen LogP contribution in [0, 0.1) is 5.82 Å². The molecule has 4 nitrogen and oxygen atoms in total. The third-order valence-electron chi connectivity index (χ3n) is 4.52. The maximum atomic E-state index is 13.0. The molecule has 1 unspecified atom stereocenters. The Balaban J connectivity index is 1.61. The van der Waals surface area contributed by atoms with Crippen molar-refractivity contribution in [3.8, 4) is 0 Å². The first kappa shape index (κ1) is 19.4. The molecular weight excluding hydrogens is 363 g/mol. The SMILES string of the molecule is O=C(CSc1ccc(F)cc1)NC(Cc1ccccc1)C(=O)N1CCCC1. The Morgan fingerprint density at radius 1 is 1.04 bits per heavy atom. The number of likely N-dealkylation sites (tertiary alicyclic amines) is 1. The quantitative estimate of drug-likeness (QED) is 0.743. The zero-order chi connectivity index (χ0) is 19.1. The molecule has 0 aliphatic carbocycles. The Bertz CT molecular complexity index is 762. The summed E-state index contributed by atoms with van der Waals surface area (Å²) in [5.74, 6) is -0.332. The van der Waals surface area contributed by atoms with Gasteiger partial charge in [-0.1, -0.05) is 30.3 Å². The molecule has 1 atom stereocenters. The van der Waals surface area contributed by atoms with Crippen molar-refractivity contribution in [2.45, 2.75) is 30.2 Å². The Hall–Kier alpha value is -2.34. The molecule has 0 aromatic heterocycles. The molecule has 27 heavy (non-hydrogen) atoms. The average Bonchev–Trinajstić information content (AvgIpc) is 3.22. The largest absolute Gasteiger partial charge is 0.343 e. The molecule has 1 N–H and O–H groups in total. The van der Waals surface area contributed by atoms with Crippen molar-refractivity contribution in [2.75, 3.05) is 18.8 Å². The number of rotatable bonds is 7. The zero-order valence-corrected chi connectivity index (χ0v) is 15.9. The van der Waals surface area contributed by atoms with Gasteiger partial charge in [-0.05, 0) is 42.7 Å². The van der Waals surface area contributed by atoms with Crippen molar-refractivity contribution >= 4 is 23.6 Å². The van der Waals surface area contributed by atoms with Crippen molar-refractivity contribution in [2.24, 2.45) is 0 Å². The number of halogens is 1. The first-order valence-corrected chi connectivity index (χ1v) is 10.1. The topological polar surface area (TPSA) is 49.4 Å². The van der Waals surface area contributed by atoms with E-state index in [1.165, 1.54) is 23.9 Å². The molecule has 2 amide bonds. The molecule has 2 aromatic carbocycles. The van der Waals surface area contributed by atoms with E-state index in [4.69, 9.17) is 0 Å². The van der Waals surface area contributed by atoms with E-state index in [9.17, 15) is 14.0 Å². The summed E-state index contributed by atoms with van der Waals surface area (Å²) in [5.41, 5.74) is 1.02. The molecule has 0 radical (unpaired) electrons. The van der Waals surface area contributed by atoms with Crippen LogP contribution in [0.15, 0.2) is 59.5 Å². The summed E-state index contributed by atoms with van der Waals surface area (Å²) in [4.78, 5) is 27.9. The molecule has 1 saturated heterocycles. The van der Waals surface area contributed by atoms with Crippen LogP contribution in [-0.4, -0.2) is 41.6 Å². The number of nitrogens with zero attached hydrogens (tertiary/aromatic N) is 1. The monoisotopic (exact) mass is 386 g/mol. The van der Waals surface area contributed by atoms with Crippen molar-refractivity contribution in [3.63, 3.8) is 0 Å². The minimum atomic E-state index is -0.563. The highest BCUT2D eigenvalue weighted by atomic mass is 32.2. The van der Waals surface area contributed by atoms with Crippen molar-refractivity contribution in [1.29, 1.82) is 0 Å². The van der Waals surface area contributed by atoms with E-state index >= 15 is 0 Å². The van der Waals surface area contributed by atoms with Gasteiger partial charge in [-0.15, -0.1) is 11.8 Å². The number of thioether (sulfide) groups is 1. The fraction of sp³-hybridized carbons (Fsp3) is 0.333. The molecule has 1 fully saturated rings. The van der Waals surface area contributed by atoms with Gasteiger partial charge in [0.05, 0.1) is 5.75 Å². The van der Waals surface area contributed by atoms with E-state index in [1.807, 2.05) is 35.2 Å². The molecule has 1 heterocycles. The summed E-state index contributed by atoms with van der Waals surface area (Å²) in [7, 11) is 0. The van der Waals surface area contributed by atoms with Crippen LogP contribution in [0.25, 0.3) is 0 Å². The molecule has 6 heteroatoms. The van der Waals surface area contributed by atoms with Gasteiger partial charge < -0.3 is 10.2 Å². The van der Waals surface area contributed by atoms with Crippen LogP contribution in [0.4, 0.5) is 4.39 Å². The van der Waals surface area contributed by atoms with E-state index in [0.717, 1.165) is 36.4 Å². The predicted molar refractivity (Wildman–Crippen MR) is 105 cm³/mol. The Kier molecular flexibility index (Phi) is 6.87. The van der Waals surface area contributed by atoms with Gasteiger partial charge in [-0.25, -0.2) is 4.39 Å². The Morgan fingerprint density at radius 2 is 1.70 bits per heavy atom. The number of carbonyl (C=O) groups is 2. The van der Waals surface area contributed by atoms with Crippen molar-refractivity contribution in [3.05, 3.63) is 66.0 Å². The van der Waals surface area contributed by atoms with Gasteiger partial charge in [0.15, 0.2) is 0 Å². The summed E-state index contributed by atoms with van der Waals surface area (Å²) in [6.07, 6.45) is 2.50. The molecule has 1 aliphatic heterocycles. The fourth-order valence-electron chi connectivity index (χ4n) is 3.12. The van der Waals surface area contributed by atoms with Crippen molar-refractivity contribution in [1.82, 2.24) is 10.2 Å². The smallest absolute Gasteiger partial charge is 0.245 e. The lowest BCUT2D eigenvalue weighted by Gasteiger charge is -2.24. The summed E-state index contributed by atoms with van der Waals surface area (Å²) in [5, 5.41) is 2.90. The van der Waals surface area contributed by atoms with Crippen LogP contribution in [0.3, 0.4) is 0 Å². The van der Waals surface area contributed by atoms with Gasteiger partial charge in [0.25, 0.3) is 0 Å². The summed E-state index contributed by atoms with van der Waals surface area (Å²) in [6, 6.07) is 15.2. The molecule has 142 valence electrons. The Morgan fingerprint density at radius 3 is 2.37 bits per heavy atom. The minimum absolute atomic E-state index is 0.0171. The molecule has 3 rings (SSSR count). The van der Waals surface area contributed by atoms with Crippen molar-refractivity contribution < 1.29 is 14.0 Å². The number of hydrogen-bond donors (Lipinski definition) is 1. The first-order valence-electron chi connectivity index (χ1n) is 9.12. The molecule has 0 bridgehead atoms. The van der Waals surface area contributed by atoms with Crippen LogP contribution >= 0.6 is 11.8 Å². The lowest BCUT2D eigenvalue weighted by atomic mass is 10.0. The van der Waals surface area contributed by atoms with Crippen LogP contribution < -0.4 is 5.32 Å². The minimum Gasteiger partial charge on any atom is -0.343 e. The summed E-state index contributed by atoms with van der Waals surface area (Å²) < 4.78 is 13.0. The number of nitrogens with one attached hydrogen (secondary N) is 1. The van der Waals surface area contributed by atoms with E-state index in [-0.39, 0.29) is 23.4 Å². The maximum Gasteiger partial charge on any atom is 0.245 e. The number of amides is 2. The second-order valence-electron chi connectivity index (χ2n) is 6.58. The van der Waals surface area contributed by atoms with E-state index in [0.29, 0.717) is 6.42 Å².